The van der Waals surface area contributed by atoms with Crippen LogP contribution in [0.5, 0.6) is 11.5 Å². The fraction of sp³-hybridized carbons (Fsp3) is 0.304. The van der Waals surface area contributed by atoms with Gasteiger partial charge in [0.25, 0.3) is 5.91 Å². The number of rotatable bonds is 2. The van der Waals surface area contributed by atoms with E-state index < -0.39 is 12.4 Å². The highest BCUT2D eigenvalue weighted by atomic mass is 19.4. The lowest BCUT2D eigenvalue weighted by molar-refractivity contribution is -0.274. The van der Waals surface area contributed by atoms with Gasteiger partial charge in [0.15, 0.2) is 5.82 Å². The normalized spacial score (nSPS) is 19.5. The number of anilines is 1. The van der Waals surface area contributed by atoms with E-state index in [1.165, 1.54) is 24.4 Å². The van der Waals surface area contributed by atoms with E-state index in [-0.39, 0.29) is 29.2 Å². The molecule has 0 radical (unpaired) electrons. The maximum atomic E-state index is 13.6. The van der Waals surface area contributed by atoms with Crippen LogP contribution in [0.2, 0.25) is 0 Å². The van der Waals surface area contributed by atoms with Crippen molar-refractivity contribution in [1.29, 1.82) is 0 Å². The van der Waals surface area contributed by atoms with Crippen molar-refractivity contribution in [1.82, 2.24) is 24.3 Å². The Morgan fingerprint density at radius 3 is 2.89 bits per heavy atom. The van der Waals surface area contributed by atoms with Crippen molar-refractivity contribution in [2.45, 2.75) is 38.3 Å². The van der Waals surface area contributed by atoms with E-state index in [2.05, 4.69) is 19.7 Å². The standard InChI is InChI=1S/C23H19F3N6O3/c1-11-19-21(27)30-15-9-28-14(8-16(15)32(19)10-29-11)22(33)31-6-2-3-17-20(31)13-5-4-12(7-18(13)34-17)35-23(24,25)26/h4-5,7-10,17,20H,2-3,6H2,1H3,(H2,27,30)/t17?,20-/m0/s1. The third-order valence-corrected chi connectivity index (χ3v) is 6.43. The van der Waals surface area contributed by atoms with Crippen LogP contribution in [-0.4, -0.2) is 49.2 Å². The topological polar surface area (TPSA) is 108 Å². The number of aryl methyl sites for hydroxylation is 1. The number of carbonyl (C=O) groups excluding carboxylic acids is 1. The molecule has 2 N–H and O–H groups in total. The molecule has 0 saturated carbocycles. The molecule has 6 rings (SSSR count). The lowest BCUT2D eigenvalue weighted by Crippen LogP contribution is -2.44. The second-order valence-corrected chi connectivity index (χ2v) is 8.59. The van der Waals surface area contributed by atoms with Crippen molar-refractivity contribution in [3.8, 4) is 11.5 Å². The fourth-order valence-corrected chi connectivity index (χ4v) is 4.99. The van der Waals surface area contributed by atoms with Crippen molar-refractivity contribution < 1.29 is 27.4 Å². The maximum absolute atomic E-state index is 13.6. The third kappa shape index (κ3) is 3.47. The molecule has 3 aromatic heterocycles. The summed E-state index contributed by atoms with van der Waals surface area (Å²) in [7, 11) is 0. The number of aromatic nitrogens is 4. The number of ether oxygens (including phenoxy) is 2. The van der Waals surface area contributed by atoms with Gasteiger partial charge in [0, 0.05) is 18.2 Å². The average Bonchev–Trinajstić information content (AvgIpc) is 3.38. The summed E-state index contributed by atoms with van der Waals surface area (Å²) in [5, 5.41) is 0. The summed E-state index contributed by atoms with van der Waals surface area (Å²) in [4.78, 5) is 28.3. The predicted octanol–water partition coefficient (Wildman–Crippen LogP) is 3.81. The molecule has 1 saturated heterocycles. The Balaban J connectivity index is 1.37. The number of benzene rings is 1. The SMILES string of the molecule is Cc1ncn2c1c(N)nc1cnc(C(=O)N3CCCC4Oc5cc(OC(F)(F)F)ccc5[C@@H]43)cc12. The van der Waals surface area contributed by atoms with Crippen molar-refractivity contribution in [3.05, 3.63) is 53.7 Å². The quantitative estimate of drug-likeness (QED) is 0.461. The molecule has 35 heavy (non-hydrogen) atoms. The molecule has 4 aromatic rings. The molecule has 1 aromatic carbocycles. The van der Waals surface area contributed by atoms with E-state index in [9.17, 15) is 18.0 Å². The van der Waals surface area contributed by atoms with Crippen LogP contribution in [0.15, 0.2) is 36.8 Å². The Kier molecular flexibility index (Phi) is 4.57. The molecule has 5 heterocycles. The lowest BCUT2D eigenvalue weighted by Gasteiger charge is -2.36. The number of amides is 1. The summed E-state index contributed by atoms with van der Waals surface area (Å²) < 4.78 is 49.6. The number of piperidine rings is 1. The first kappa shape index (κ1) is 21.4. The van der Waals surface area contributed by atoms with E-state index in [1.807, 2.05) is 6.92 Å². The van der Waals surface area contributed by atoms with Gasteiger partial charge in [-0.05, 0) is 38.0 Å². The zero-order chi connectivity index (χ0) is 24.5. The van der Waals surface area contributed by atoms with Gasteiger partial charge in [0.2, 0.25) is 0 Å². The van der Waals surface area contributed by atoms with Crippen LogP contribution in [-0.2, 0) is 0 Å². The van der Waals surface area contributed by atoms with Gasteiger partial charge in [-0.2, -0.15) is 0 Å². The van der Waals surface area contributed by atoms with E-state index >= 15 is 0 Å². The first-order valence-corrected chi connectivity index (χ1v) is 11.0. The van der Waals surface area contributed by atoms with E-state index in [0.717, 1.165) is 0 Å². The summed E-state index contributed by atoms with van der Waals surface area (Å²) in [6.07, 6.45) is -0.700. The number of nitrogens with two attached hydrogens (primary N) is 1. The highest BCUT2D eigenvalue weighted by Gasteiger charge is 2.44. The van der Waals surface area contributed by atoms with Crippen molar-refractivity contribution in [3.63, 3.8) is 0 Å². The Morgan fingerprint density at radius 2 is 2.09 bits per heavy atom. The number of nitrogens with zero attached hydrogens (tertiary/aromatic N) is 5. The van der Waals surface area contributed by atoms with Crippen molar-refractivity contribution in [2.75, 3.05) is 12.3 Å². The number of nitrogen functional groups attached to an aromatic ring is 1. The highest BCUT2D eigenvalue weighted by Crippen LogP contribution is 2.46. The molecule has 0 spiro atoms. The molecular formula is C23H19F3N6O3. The Hall–Kier alpha value is -4.09. The van der Waals surface area contributed by atoms with E-state index in [0.29, 0.717) is 53.0 Å². The minimum absolute atomic E-state index is 0.211. The van der Waals surface area contributed by atoms with Gasteiger partial charge in [-0.1, -0.05) is 0 Å². The van der Waals surface area contributed by atoms with Crippen LogP contribution in [0.3, 0.4) is 0 Å². The monoisotopic (exact) mass is 484 g/mol. The molecule has 0 bridgehead atoms. The third-order valence-electron chi connectivity index (χ3n) is 6.43. The zero-order valence-corrected chi connectivity index (χ0v) is 18.4. The zero-order valence-electron chi connectivity index (χ0n) is 18.4. The van der Waals surface area contributed by atoms with Crippen LogP contribution in [0.1, 0.15) is 40.6 Å². The molecule has 1 amide bonds. The second kappa shape index (κ2) is 7.45. The average molecular weight is 484 g/mol. The number of halogens is 3. The molecule has 1 unspecified atom stereocenters. The molecular weight excluding hydrogens is 465 g/mol. The van der Waals surface area contributed by atoms with Gasteiger partial charge in [-0.3, -0.25) is 9.20 Å². The van der Waals surface area contributed by atoms with Gasteiger partial charge in [0.1, 0.15) is 40.7 Å². The van der Waals surface area contributed by atoms with Crippen LogP contribution in [0.25, 0.3) is 16.6 Å². The highest BCUT2D eigenvalue weighted by molar-refractivity contribution is 5.96. The molecule has 9 nitrogen and oxygen atoms in total. The Bertz CT molecular complexity index is 1500. The van der Waals surface area contributed by atoms with Crippen LogP contribution < -0.4 is 15.2 Å². The van der Waals surface area contributed by atoms with Gasteiger partial charge in [-0.25, -0.2) is 15.0 Å². The van der Waals surface area contributed by atoms with E-state index in [4.69, 9.17) is 10.5 Å². The number of likely N-dealkylation sites (tertiary alicyclic amines) is 1. The maximum Gasteiger partial charge on any atom is 0.573 e. The first-order valence-electron chi connectivity index (χ1n) is 11.0. The molecule has 1 fully saturated rings. The summed E-state index contributed by atoms with van der Waals surface area (Å²) in [6.45, 7) is 2.28. The Morgan fingerprint density at radius 1 is 1.26 bits per heavy atom. The largest absolute Gasteiger partial charge is 0.573 e. The molecule has 2 aliphatic heterocycles. The number of hydrogen-bond acceptors (Lipinski definition) is 7. The Labute approximate surface area is 196 Å². The molecule has 180 valence electrons. The summed E-state index contributed by atoms with van der Waals surface area (Å²) in [5.41, 5.74) is 9.46. The smallest absolute Gasteiger partial charge is 0.487 e. The summed E-state index contributed by atoms with van der Waals surface area (Å²) in [6, 6.07) is 5.18. The minimum atomic E-state index is -4.80. The molecule has 0 aliphatic carbocycles. The van der Waals surface area contributed by atoms with Crippen molar-refractivity contribution >= 4 is 28.3 Å². The number of hydrogen-bond donors (Lipinski definition) is 1. The lowest BCUT2D eigenvalue weighted by atomic mass is 9.94. The van der Waals surface area contributed by atoms with Gasteiger partial charge in [0.05, 0.1) is 23.4 Å². The summed E-state index contributed by atoms with van der Waals surface area (Å²) in [5.74, 6) is -0.0742. The number of pyridine rings is 1. The number of imidazole rings is 1. The van der Waals surface area contributed by atoms with Crippen molar-refractivity contribution in [2.24, 2.45) is 0 Å². The molecule has 12 heteroatoms. The van der Waals surface area contributed by atoms with Gasteiger partial charge < -0.3 is 20.1 Å². The van der Waals surface area contributed by atoms with Gasteiger partial charge in [-0.15, -0.1) is 13.2 Å². The van der Waals surface area contributed by atoms with Crippen LogP contribution in [0, 0.1) is 6.92 Å². The van der Waals surface area contributed by atoms with Crippen LogP contribution in [0.4, 0.5) is 19.0 Å². The minimum Gasteiger partial charge on any atom is -0.487 e. The van der Waals surface area contributed by atoms with Gasteiger partial charge >= 0.3 is 6.36 Å². The van der Waals surface area contributed by atoms with E-state index in [1.54, 1.807) is 21.7 Å². The first-order chi connectivity index (χ1) is 16.7. The molecule has 2 atom stereocenters. The predicted molar refractivity (Wildman–Crippen MR) is 118 cm³/mol. The number of alkyl halides is 3. The molecule has 2 aliphatic rings. The fourth-order valence-electron chi connectivity index (χ4n) is 4.99. The number of carbonyl (C=O) groups is 1. The number of fused-ring (bicyclic) bond motifs is 6. The second-order valence-electron chi connectivity index (χ2n) is 8.59. The summed E-state index contributed by atoms with van der Waals surface area (Å²) >= 11 is 0. The van der Waals surface area contributed by atoms with Crippen LogP contribution >= 0.6 is 0 Å².